The molecule has 0 aromatic heterocycles. The summed E-state index contributed by atoms with van der Waals surface area (Å²) in [5, 5.41) is 7.18. The Morgan fingerprint density at radius 2 is 0.591 bits per heavy atom. The van der Waals surface area contributed by atoms with Crippen LogP contribution in [0.3, 0.4) is 0 Å². The lowest BCUT2D eigenvalue weighted by atomic mass is 10.1. The number of allylic oxidation sites excluding steroid dienone is 4. The molecule has 0 aromatic rings. The molecule has 258 valence electrons. The van der Waals surface area contributed by atoms with Crippen LogP contribution >= 0.6 is 0 Å². The predicted octanol–water partition coefficient (Wildman–Crippen LogP) is 9.17. The molecule has 0 aliphatic rings. The zero-order valence-corrected chi connectivity index (χ0v) is 28.9. The van der Waals surface area contributed by atoms with Crippen LogP contribution in [0, 0.1) is 0 Å². The largest absolute Gasteiger partial charge is 0.370 e. The van der Waals surface area contributed by atoms with Crippen LogP contribution in [-0.4, -0.2) is 38.0 Å². The van der Waals surface area contributed by atoms with Crippen molar-refractivity contribution in [3.63, 3.8) is 0 Å². The van der Waals surface area contributed by atoms with Crippen molar-refractivity contribution in [1.29, 1.82) is 0 Å². The van der Waals surface area contributed by atoms with Gasteiger partial charge in [0.15, 0.2) is 0 Å². The number of primary amides is 2. The molecule has 0 spiro atoms. The topological polar surface area (TPSA) is 110 Å². The minimum Gasteiger partial charge on any atom is -0.370 e. The van der Waals surface area contributed by atoms with Crippen LogP contribution in [0.4, 0.5) is 0 Å². The summed E-state index contributed by atoms with van der Waals surface area (Å²) in [6, 6.07) is 0. The van der Waals surface area contributed by atoms with Gasteiger partial charge in [-0.3, -0.25) is 9.59 Å². The predicted molar refractivity (Wildman–Crippen MR) is 192 cm³/mol. The Kier molecular flexibility index (Phi) is 36.1. The first kappa shape index (κ1) is 42.3. The van der Waals surface area contributed by atoms with Gasteiger partial charge in [-0.1, -0.05) is 114 Å². The number of hydrogen-bond acceptors (Lipinski definition) is 4. The van der Waals surface area contributed by atoms with Gasteiger partial charge in [-0.15, -0.1) is 0 Å². The lowest BCUT2D eigenvalue weighted by Gasteiger charge is -2.07. The molecule has 6 heteroatoms. The van der Waals surface area contributed by atoms with Gasteiger partial charge in [0.1, 0.15) is 0 Å². The average Bonchev–Trinajstić information content (AvgIpc) is 3.00. The van der Waals surface area contributed by atoms with Gasteiger partial charge in [0, 0.05) is 25.9 Å². The summed E-state index contributed by atoms with van der Waals surface area (Å²) in [6.45, 7) is 4.49. The number of nitrogens with two attached hydrogens (primary N) is 2. The Hall–Kier alpha value is -1.66. The maximum Gasteiger partial charge on any atom is 0.217 e. The molecule has 0 saturated carbocycles. The maximum atomic E-state index is 10.7. The van der Waals surface area contributed by atoms with Crippen molar-refractivity contribution >= 4 is 11.8 Å². The third-order valence-electron chi connectivity index (χ3n) is 8.35. The highest BCUT2D eigenvalue weighted by Gasteiger charge is 1.97. The fourth-order valence-electron chi connectivity index (χ4n) is 5.52. The average molecular weight is 619 g/mol. The zero-order valence-electron chi connectivity index (χ0n) is 28.9. The first-order valence-electron chi connectivity index (χ1n) is 18.9. The Morgan fingerprint density at radius 1 is 0.341 bits per heavy atom. The van der Waals surface area contributed by atoms with Crippen LogP contribution in [0.2, 0.25) is 0 Å². The summed E-state index contributed by atoms with van der Waals surface area (Å²) in [5.74, 6) is -0.337. The fourth-order valence-corrected chi connectivity index (χ4v) is 5.52. The highest BCUT2D eigenvalue weighted by molar-refractivity contribution is 5.73. The summed E-state index contributed by atoms with van der Waals surface area (Å²) >= 11 is 0. The minimum atomic E-state index is -0.168. The van der Waals surface area contributed by atoms with Gasteiger partial charge in [-0.2, -0.15) is 0 Å². The number of amides is 2. The van der Waals surface area contributed by atoms with E-state index in [1.54, 1.807) is 0 Å². The molecule has 2 amide bonds. The molecular formula is C38H74N4O2. The van der Waals surface area contributed by atoms with Gasteiger partial charge < -0.3 is 22.1 Å². The first-order valence-corrected chi connectivity index (χ1v) is 18.9. The van der Waals surface area contributed by atoms with Crippen LogP contribution in [-0.2, 0) is 9.59 Å². The molecular weight excluding hydrogens is 544 g/mol. The summed E-state index contributed by atoms with van der Waals surface area (Å²) in [6.07, 6.45) is 43.3. The second-order valence-electron chi connectivity index (χ2n) is 12.8. The Morgan fingerprint density at radius 3 is 0.886 bits per heavy atom. The molecule has 6 N–H and O–H groups in total. The molecule has 0 fully saturated rings. The smallest absolute Gasteiger partial charge is 0.217 e. The van der Waals surface area contributed by atoms with Crippen molar-refractivity contribution in [2.45, 2.75) is 180 Å². The van der Waals surface area contributed by atoms with E-state index in [2.05, 4.69) is 34.9 Å². The van der Waals surface area contributed by atoms with Crippen molar-refractivity contribution in [2.75, 3.05) is 26.2 Å². The molecule has 0 saturated heterocycles. The van der Waals surface area contributed by atoms with Crippen molar-refractivity contribution in [3.8, 4) is 0 Å². The molecule has 0 bridgehead atoms. The summed E-state index contributed by atoms with van der Waals surface area (Å²) in [5.41, 5.74) is 10.3. The van der Waals surface area contributed by atoms with E-state index in [1.165, 1.54) is 141 Å². The maximum absolute atomic E-state index is 10.7. The van der Waals surface area contributed by atoms with Crippen LogP contribution in [0.25, 0.3) is 0 Å². The molecule has 0 aliphatic heterocycles. The van der Waals surface area contributed by atoms with Crippen LogP contribution in [0.1, 0.15) is 180 Å². The monoisotopic (exact) mass is 619 g/mol. The van der Waals surface area contributed by atoms with E-state index in [9.17, 15) is 9.59 Å². The second kappa shape index (κ2) is 37.5. The molecule has 0 aliphatic carbocycles. The lowest BCUT2D eigenvalue weighted by molar-refractivity contribution is -0.119. The third kappa shape index (κ3) is 40.3. The summed E-state index contributed by atoms with van der Waals surface area (Å²) in [7, 11) is 0. The number of carbonyl (C=O) groups excluding carboxylic acids is 2. The van der Waals surface area contributed by atoms with E-state index in [-0.39, 0.29) is 11.8 Å². The van der Waals surface area contributed by atoms with E-state index in [1.807, 2.05) is 0 Å². The number of rotatable bonds is 37. The number of hydrogen-bond donors (Lipinski definition) is 4. The number of unbranched alkanes of at least 4 members (excludes halogenated alkanes) is 22. The second-order valence-corrected chi connectivity index (χ2v) is 12.8. The van der Waals surface area contributed by atoms with Crippen LogP contribution < -0.4 is 22.1 Å². The van der Waals surface area contributed by atoms with E-state index in [4.69, 9.17) is 11.5 Å². The van der Waals surface area contributed by atoms with Gasteiger partial charge >= 0.3 is 0 Å². The van der Waals surface area contributed by atoms with Crippen molar-refractivity contribution in [3.05, 3.63) is 24.3 Å². The first-order chi connectivity index (χ1) is 21.6. The van der Waals surface area contributed by atoms with Gasteiger partial charge in [0.05, 0.1) is 0 Å². The molecule has 0 unspecified atom stereocenters. The SMILES string of the molecule is NC(=O)CCCCCCC/C=C\CCCCCCCCNCCNCCCCCCCC/C=C\CCCCCCCC(N)=O. The van der Waals surface area contributed by atoms with Gasteiger partial charge in [-0.05, 0) is 90.1 Å². The molecule has 44 heavy (non-hydrogen) atoms. The molecule has 0 rings (SSSR count). The minimum absolute atomic E-state index is 0.168. The highest BCUT2D eigenvalue weighted by atomic mass is 16.1. The van der Waals surface area contributed by atoms with Crippen LogP contribution in [0.5, 0.6) is 0 Å². The van der Waals surface area contributed by atoms with Crippen molar-refractivity contribution in [1.82, 2.24) is 10.6 Å². The molecule has 0 heterocycles. The van der Waals surface area contributed by atoms with Gasteiger partial charge in [0.25, 0.3) is 0 Å². The molecule has 0 radical (unpaired) electrons. The quantitative estimate of drug-likeness (QED) is 0.0411. The standard InChI is InChI=1S/C38H74N4O2/c39-37(43)31-27-23-19-15-11-7-3-1-5-9-13-17-21-25-29-33-41-35-36-42-34-30-26-22-18-14-10-6-2-4-8-12-16-20-24-28-32-38(40)44/h1-4,41-42H,5-36H2,(H2,39,43)(H2,40,44)/b3-1-,4-2-. The van der Waals surface area contributed by atoms with Crippen LogP contribution in [0.15, 0.2) is 24.3 Å². The Labute approximate surface area is 273 Å². The molecule has 0 atom stereocenters. The Bertz CT molecular complexity index is 609. The summed E-state index contributed by atoms with van der Waals surface area (Å²) < 4.78 is 0. The van der Waals surface area contributed by atoms with E-state index in [0.717, 1.165) is 51.9 Å². The number of nitrogens with one attached hydrogen (secondary N) is 2. The van der Waals surface area contributed by atoms with Crippen molar-refractivity contribution in [2.24, 2.45) is 11.5 Å². The molecule has 0 aromatic carbocycles. The zero-order chi connectivity index (χ0) is 32.0. The Balaban J connectivity index is 3.12. The normalized spacial score (nSPS) is 11.7. The molecule has 6 nitrogen and oxygen atoms in total. The lowest BCUT2D eigenvalue weighted by Crippen LogP contribution is -2.28. The summed E-state index contributed by atoms with van der Waals surface area (Å²) in [4.78, 5) is 21.4. The van der Waals surface area contributed by atoms with E-state index >= 15 is 0 Å². The highest BCUT2D eigenvalue weighted by Crippen LogP contribution is 2.11. The van der Waals surface area contributed by atoms with Gasteiger partial charge in [0.2, 0.25) is 11.8 Å². The fraction of sp³-hybridized carbons (Fsp3) is 0.842. The van der Waals surface area contributed by atoms with E-state index in [0.29, 0.717) is 12.8 Å². The third-order valence-corrected chi connectivity index (χ3v) is 8.35. The van der Waals surface area contributed by atoms with Crippen molar-refractivity contribution < 1.29 is 9.59 Å². The number of carbonyl (C=O) groups is 2. The van der Waals surface area contributed by atoms with Gasteiger partial charge in [-0.25, -0.2) is 0 Å². The van der Waals surface area contributed by atoms with E-state index < -0.39 is 0 Å².